The third-order valence-corrected chi connectivity index (χ3v) is 4.02. The monoisotopic (exact) mass is 309 g/mol. The van der Waals surface area contributed by atoms with Gasteiger partial charge in [0.05, 0.1) is 11.1 Å². The van der Waals surface area contributed by atoms with Crippen LogP contribution in [0.3, 0.4) is 0 Å². The molecule has 0 aliphatic rings. The Balaban J connectivity index is 3.02. The molecule has 112 valence electrons. The number of carboxylic acids is 1. The van der Waals surface area contributed by atoms with E-state index < -0.39 is 34.1 Å². The molecule has 4 nitrogen and oxygen atoms in total. The summed E-state index contributed by atoms with van der Waals surface area (Å²) >= 11 is 0. The molecule has 0 saturated heterocycles. The number of nitrogens with one attached hydrogen (secondary N) is 1. The molecule has 0 heterocycles. The average molecular weight is 309 g/mol. The van der Waals surface area contributed by atoms with E-state index in [4.69, 9.17) is 5.11 Å². The second-order valence-electron chi connectivity index (χ2n) is 4.25. The van der Waals surface area contributed by atoms with Crippen molar-refractivity contribution in [1.82, 2.24) is 0 Å². The smallest absolute Gasteiger partial charge is 0.417 e. The van der Waals surface area contributed by atoms with E-state index in [9.17, 15) is 22.2 Å². The Bertz CT molecular complexity index is 531. The van der Waals surface area contributed by atoms with Crippen molar-refractivity contribution in [3.63, 3.8) is 0 Å². The van der Waals surface area contributed by atoms with Crippen LogP contribution in [0.2, 0.25) is 0 Å². The van der Waals surface area contributed by atoms with Crippen LogP contribution in [0.4, 0.5) is 18.9 Å². The summed E-state index contributed by atoms with van der Waals surface area (Å²) in [5.41, 5.74) is -1.87. The Kier molecular flexibility index (Phi) is 5.15. The number of anilines is 1. The molecule has 0 aliphatic heterocycles. The third kappa shape index (κ3) is 4.22. The SMILES string of the molecule is CC(CNc1ccc(C(=O)O)c(C(F)(F)F)c1)S(C)=O. The van der Waals surface area contributed by atoms with E-state index in [0.717, 1.165) is 12.1 Å². The first-order chi connectivity index (χ1) is 9.12. The van der Waals surface area contributed by atoms with Gasteiger partial charge in [0.15, 0.2) is 0 Å². The van der Waals surface area contributed by atoms with Gasteiger partial charge in [-0.05, 0) is 25.1 Å². The summed E-state index contributed by atoms with van der Waals surface area (Å²) in [5.74, 6) is -1.63. The molecule has 2 atom stereocenters. The number of carboxylic acid groups (broad SMARTS) is 1. The van der Waals surface area contributed by atoms with Gasteiger partial charge in [0, 0.05) is 34.5 Å². The van der Waals surface area contributed by atoms with E-state index in [-0.39, 0.29) is 17.5 Å². The van der Waals surface area contributed by atoms with Crippen molar-refractivity contribution in [2.75, 3.05) is 18.1 Å². The van der Waals surface area contributed by atoms with Gasteiger partial charge in [-0.25, -0.2) is 4.79 Å². The number of alkyl halides is 3. The Morgan fingerprint density at radius 3 is 2.50 bits per heavy atom. The predicted octanol–water partition coefficient (Wildman–Crippen LogP) is 2.58. The first-order valence-corrected chi connectivity index (χ1v) is 7.25. The molecule has 0 saturated carbocycles. The lowest BCUT2D eigenvalue weighted by molar-refractivity contribution is -0.138. The fourth-order valence-electron chi connectivity index (χ4n) is 1.45. The van der Waals surface area contributed by atoms with Gasteiger partial charge in [0.25, 0.3) is 0 Å². The molecule has 2 N–H and O–H groups in total. The van der Waals surface area contributed by atoms with E-state index in [0.29, 0.717) is 0 Å². The van der Waals surface area contributed by atoms with Crippen LogP contribution in [0.15, 0.2) is 18.2 Å². The number of carbonyl (C=O) groups is 1. The lowest BCUT2D eigenvalue weighted by Gasteiger charge is -2.15. The Labute approximate surface area is 116 Å². The van der Waals surface area contributed by atoms with Crippen molar-refractivity contribution in [2.45, 2.75) is 18.3 Å². The molecule has 0 aliphatic carbocycles. The number of rotatable bonds is 5. The molecule has 0 spiro atoms. The molecule has 0 amide bonds. The maximum absolute atomic E-state index is 12.8. The maximum Gasteiger partial charge on any atom is 0.417 e. The Morgan fingerprint density at radius 1 is 1.45 bits per heavy atom. The minimum absolute atomic E-state index is 0.139. The number of halogens is 3. The van der Waals surface area contributed by atoms with Crippen molar-refractivity contribution in [3.05, 3.63) is 29.3 Å². The van der Waals surface area contributed by atoms with E-state index in [1.807, 2.05) is 0 Å². The molecule has 8 heteroatoms. The zero-order valence-corrected chi connectivity index (χ0v) is 11.6. The molecule has 1 aromatic carbocycles. The highest BCUT2D eigenvalue weighted by molar-refractivity contribution is 7.84. The van der Waals surface area contributed by atoms with Crippen LogP contribution in [-0.4, -0.2) is 33.3 Å². The highest BCUT2D eigenvalue weighted by Gasteiger charge is 2.35. The van der Waals surface area contributed by atoms with Crippen LogP contribution in [-0.2, 0) is 17.0 Å². The Hall–Kier alpha value is -1.57. The summed E-state index contributed by atoms with van der Waals surface area (Å²) in [6.07, 6.45) is -3.24. The standard InChI is InChI=1S/C12H14F3NO3S/c1-7(20(2)19)6-16-8-3-4-9(11(17)18)10(5-8)12(13,14)15/h3-5,7,16H,6H2,1-2H3,(H,17,18). The summed E-state index contributed by atoms with van der Waals surface area (Å²) in [6, 6.07) is 2.90. The molecule has 1 rings (SSSR count). The van der Waals surface area contributed by atoms with Crippen molar-refractivity contribution >= 4 is 22.5 Å². The summed E-state index contributed by atoms with van der Waals surface area (Å²) < 4.78 is 49.5. The van der Waals surface area contributed by atoms with Crippen LogP contribution >= 0.6 is 0 Å². The van der Waals surface area contributed by atoms with E-state index in [2.05, 4.69) is 5.32 Å². The number of benzene rings is 1. The molecule has 0 aromatic heterocycles. The molecule has 0 bridgehead atoms. The van der Waals surface area contributed by atoms with Crippen LogP contribution in [0.25, 0.3) is 0 Å². The topological polar surface area (TPSA) is 66.4 Å². The zero-order chi connectivity index (χ0) is 15.5. The van der Waals surface area contributed by atoms with Crippen LogP contribution < -0.4 is 5.32 Å². The lowest BCUT2D eigenvalue weighted by atomic mass is 10.1. The second-order valence-corrected chi connectivity index (χ2v) is 6.06. The lowest BCUT2D eigenvalue weighted by Crippen LogP contribution is -2.21. The number of hydrogen-bond acceptors (Lipinski definition) is 3. The van der Waals surface area contributed by atoms with Gasteiger partial charge < -0.3 is 10.4 Å². The molecule has 2 unspecified atom stereocenters. The predicted molar refractivity (Wildman–Crippen MR) is 70.4 cm³/mol. The molecule has 0 fully saturated rings. The molecule has 0 radical (unpaired) electrons. The van der Waals surface area contributed by atoms with Gasteiger partial charge in [0.1, 0.15) is 0 Å². The van der Waals surface area contributed by atoms with Crippen LogP contribution in [0, 0.1) is 0 Å². The maximum atomic E-state index is 12.8. The molecular formula is C12H14F3NO3S. The number of aromatic carboxylic acids is 1. The van der Waals surface area contributed by atoms with Gasteiger partial charge in [-0.15, -0.1) is 0 Å². The zero-order valence-electron chi connectivity index (χ0n) is 10.8. The molecule has 20 heavy (non-hydrogen) atoms. The first-order valence-electron chi connectivity index (χ1n) is 5.63. The first kappa shape index (κ1) is 16.5. The summed E-state index contributed by atoms with van der Waals surface area (Å²) in [4.78, 5) is 10.8. The van der Waals surface area contributed by atoms with Gasteiger partial charge in [-0.1, -0.05) is 0 Å². The summed E-state index contributed by atoms with van der Waals surface area (Å²) in [6.45, 7) is 1.92. The highest BCUT2D eigenvalue weighted by atomic mass is 32.2. The van der Waals surface area contributed by atoms with Crippen molar-refractivity contribution in [1.29, 1.82) is 0 Å². The molecular weight excluding hydrogens is 295 g/mol. The Morgan fingerprint density at radius 2 is 2.05 bits per heavy atom. The fourth-order valence-corrected chi connectivity index (χ4v) is 1.77. The average Bonchev–Trinajstić information content (AvgIpc) is 2.34. The second kappa shape index (κ2) is 6.25. The van der Waals surface area contributed by atoms with Crippen molar-refractivity contribution in [3.8, 4) is 0 Å². The minimum Gasteiger partial charge on any atom is -0.478 e. The minimum atomic E-state index is -4.75. The van der Waals surface area contributed by atoms with Crippen LogP contribution in [0.5, 0.6) is 0 Å². The molecule has 1 aromatic rings. The summed E-state index contributed by atoms with van der Waals surface area (Å²) in [7, 11) is -1.10. The van der Waals surface area contributed by atoms with Gasteiger partial charge in [-0.2, -0.15) is 13.2 Å². The number of hydrogen-bond donors (Lipinski definition) is 2. The van der Waals surface area contributed by atoms with Gasteiger partial charge in [-0.3, -0.25) is 4.21 Å². The van der Waals surface area contributed by atoms with E-state index in [1.54, 1.807) is 6.92 Å². The highest BCUT2D eigenvalue weighted by Crippen LogP contribution is 2.33. The normalized spacial score (nSPS) is 14.7. The third-order valence-electron chi connectivity index (χ3n) is 2.72. The van der Waals surface area contributed by atoms with Gasteiger partial charge in [0.2, 0.25) is 0 Å². The fraction of sp³-hybridized carbons (Fsp3) is 0.417. The van der Waals surface area contributed by atoms with Crippen molar-refractivity contribution in [2.24, 2.45) is 0 Å². The quantitative estimate of drug-likeness (QED) is 0.877. The largest absolute Gasteiger partial charge is 0.478 e. The van der Waals surface area contributed by atoms with Crippen molar-refractivity contribution < 1.29 is 27.3 Å². The van der Waals surface area contributed by atoms with E-state index in [1.165, 1.54) is 12.3 Å². The van der Waals surface area contributed by atoms with Crippen LogP contribution in [0.1, 0.15) is 22.8 Å². The van der Waals surface area contributed by atoms with E-state index >= 15 is 0 Å². The van der Waals surface area contributed by atoms with Gasteiger partial charge >= 0.3 is 12.1 Å². The summed E-state index contributed by atoms with van der Waals surface area (Å²) in [5, 5.41) is 11.2.